The fourth-order valence-electron chi connectivity index (χ4n) is 3.40. The van der Waals surface area contributed by atoms with Crippen molar-refractivity contribution in [2.24, 2.45) is 7.05 Å². The molecule has 1 aromatic heterocycles. The molecule has 0 aliphatic carbocycles. The SMILES string of the molecule is Cn1c(SCC(=O)c2cc(C(C)(C)C)c(O)c(C(C)(C)C)c2)nc2ccccc21. The molecule has 0 radical (unpaired) electrons. The number of thioether (sulfide) groups is 1. The first-order valence-electron chi connectivity index (χ1n) is 9.85. The van der Waals surface area contributed by atoms with E-state index in [1.54, 1.807) is 0 Å². The summed E-state index contributed by atoms with van der Waals surface area (Å²) in [5.74, 6) is 0.636. The first kappa shape index (κ1) is 21.4. The number of phenols is 1. The number of carbonyl (C=O) groups excluding carboxylic acids is 1. The number of rotatable bonds is 4. The number of imidazole rings is 1. The predicted octanol–water partition coefficient (Wildman–Crippen LogP) is 5.85. The Kier molecular flexibility index (Phi) is 5.56. The first-order valence-corrected chi connectivity index (χ1v) is 10.8. The second-order valence-electron chi connectivity index (χ2n) is 9.57. The lowest BCUT2D eigenvalue weighted by Gasteiger charge is -2.28. The van der Waals surface area contributed by atoms with E-state index in [9.17, 15) is 9.90 Å². The number of aromatic nitrogens is 2. The van der Waals surface area contributed by atoms with Crippen LogP contribution in [0.1, 0.15) is 63.0 Å². The number of hydrogen-bond acceptors (Lipinski definition) is 4. The number of aromatic hydroxyl groups is 1. The molecule has 0 saturated carbocycles. The van der Waals surface area contributed by atoms with Gasteiger partial charge < -0.3 is 9.67 Å². The molecular weight excluding hydrogens is 380 g/mol. The maximum absolute atomic E-state index is 13.1. The normalized spacial score (nSPS) is 12.5. The highest BCUT2D eigenvalue weighted by Crippen LogP contribution is 2.40. The van der Waals surface area contributed by atoms with Crippen LogP contribution in [0.4, 0.5) is 0 Å². The van der Waals surface area contributed by atoms with Crippen molar-refractivity contribution in [2.75, 3.05) is 5.75 Å². The number of Topliss-reactive ketones (excluding diaryl/α,β-unsaturated/α-hetero) is 1. The lowest BCUT2D eigenvalue weighted by Crippen LogP contribution is -2.19. The monoisotopic (exact) mass is 410 g/mol. The molecule has 0 bridgehead atoms. The molecule has 4 nitrogen and oxygen atoms in total. The van der Waals surface area contributed by atoms with Crippen molar-refractivity contribution in [1.29, 1.82) is 0 Å². The Bertz CT molecular complexity index is 1030. The van der Waals surface area contributed by atoms with Gasteiger partial charge in [-0.25, -0.2) is 4.98 Å². The number of nitrogens with zero attached hydrogens (tertiary/aromatic N) is 2. The summed E-state index contributed by atoms with van der Waals surface area (Å²) in [6.45, 7) is 12.3. The Labute approximate surface area is 177 Å². The fourth-order valence-corrected chi connectivity index (χ4v) is 4.29. The van der Waals surface area contributed by atoms with Crippen molar-refractivity contribution in [3.05, 3.63) is 53.1 Å². The number of ketones is 1. The van der Waals surface area contributed by atoms with E-state index in [0.717, 1.165) is 27.3 Å². The molecule has 0 spiro atoms. The average molecular weight is 411 g/mol. The third kappa shape index (κ3) is 4.35. The van der Waals surface area contributed by atoms with Gasteiger partial charge in [-0.2, -0.15) is 0 Å². The van der Waals surface area contributed by atoms with E-state index in [4.69, 9.17) is 0 Å². The van der Waals surface area contributed by atoms with E-state index in [0.29, 0.717) is 17.1 Å². The number of phenolic OH excluding ortho intramolecular Hbond substituents is 1. The van der Waals surface area contributed by atoms with Gasteiger partial charge in [0.2, 0.25) is 0 Å². The Morgan fingerprint density at radius 3 is 2.10 bits per heavy atom. The smallest absolute Gasteiger partial charge is 0.173 e. The molecule has 154 valence electrons. The molecule has 0 aliphatic heterocycles. The standard InChI is InChI=1S/C24H30N2O2S/c1-23(2,3)16-12-15(13-17(21(16)28)24(4,5)6)20(27)14-29-22-25-18-10-8-9-11-19(18)26(22)7/h8-13,28H,14H2,1-7H3. The Morgan fingerprint density at radius 1 is 1.03 bits per heavy atom. The maximum atomic E-state index is 13.1. The molecule has 1 heterocycles. The highest BCUT2D eigenvalue weighted by Gasteiger charge is 2.27. The second kappa shape index (κ2) is 7.52. The molecule has 29 heavy (non-hydrogen) atoms. The molecule has 3 aromatic rings. The summed E-state index contributed by atoms with van der Waals surface area (Å²) in [6.07, 6.45) is 0. The van der Waals surface area contributed by atoms with Crippen LogP contribution in [0.5, 0.6) is 5.75 Å². The first-order chi connectivity index (χ1) is 13.4. The molecule has 0 atom stereocenters. The third-order valence-electron chi connectivity index (χ3n) is 5.13. The van der Waals surface area contributed by atoms with Crippen LogP contribution in [0.2, 0.25) is 0 Å². The van der Waals surface area contributed by atoms with Crippen molar-refractivity contribution < 1.29 is 9.90 Å². The molecule has 1 N–H and O–H groups in total. The van der Waals surface area contributed by atoms with Gasteiger partial charge in [0.15, 0.2) is 10.9 Å². The van der Waals surface area contributed by atoms with E-state index < -0.39 is 0 Å². The summed E-state index contributed by atoms with van der Waals surface area (Å²) in [4.78, 5) is 17.7. The molecule has 0 unspecified atom stereocenters. The maximum Gasteiger partial charge on any atom is 0.173 e. The van der Waals surface area contributed by atoms with Crippen molar-refractivity contribution in [1.82, 2.24) is 9.55 Å². The van der Waals surface area contributed by atoms with Gasteiger partial charge in [0.05, 0.1) is 16.8 Å². The summed E-state index contributed by atoms with van der Waals surface area (Å²) in [7, 11) is 1.97. The van der Waals surface area contributed by atoms with Gasteiger partial charge >= 0.3 is 0 Å². The minimum absolute atomic E-state index is 0.0399. The van der Waals surface area contributed by atoms with Crippen LogP contribution in [0, 0.1) is 0 Å². The summed E-state index contributed by atoms with van der Waals surface area (Å²) < 4.78 is 2.02. The minimum Gasteiger partial charge on any atom is -0.507 e. The van der Waals surface area contributed by atoms with Crippen LogP contribution in [-0.4, -0.2) is 26.2 Å². The van der Waals surface area contributed by atoms with Crippen LogP contribution in [0.15, 0.2) is 41.6 Å². The number of benzene rings is 2. The molecule has 0 aliphatic rings. The minimum atomic E-state index is -0.259. The number of aryl methyl sites for hydroxylation is 1. The third-order valence-corrected chi connectivity index (χ3v) is 6.16. The molecule has 0 saturated heterocycles. The number of carbonyl (C=O) groups is 1. The van der Waals surface area contributed by atoms with Gasteiger partial charge in [0.1, 0.15) is 5.75 Å². The summed E-state index contributed by atoms with van der Waals surface area (Å²) >= 11 is 1.45. The second-order valence-corrected chi connectivity index (χ2v) is 10.5. The number of para-hydroxylation sites is 2. The quantitative estimate of drug-likeness (QED) is 0.433. The highest BCUT2D eigenvalue weighted by atomic mass is 32.2. The van der Waals surface area contributed by atoms with Crippen LogP contribution in [0.3, 0.4) is 0 Å². The Hall–Kier alpha value is -2.27. The zero-order chi connectivity index (χ0) is 21.6. The summed E-state index contributed by atoms with van der Waals surface area (Å²) in [5.41, 5.74) is 3.72. The van der Waals surface area contributed by atoms with Gasteiger partial charge in [-0.1, -0.05) is 65.4 Å². The van der Waals surface area contributed by atoms with E-state index >= 15 is 0 Å². The van der Waals surface area contributed by atoms with Gasteiger partial charge in [-0.05, 0) is 35.1 Å². The van der Waals surface area contributed by atoms with Crippen molar-refractivity contribution in [3.63, 3.8) is 0 Å². The molecule has 2 aromatic carbocycles. The predicted molar refractivity (Wildman–Crippen MR) is 121 cm³/mol. The van der Waals surface area contributed by atoms with E-state index in [-0.39, 0.29) is 16.6 Å². The number of hydrogen-bond donors (Lipinski definition) is 1. The van der Waals surface area contributed by atoms with Crippen LogP contribution >= 0.6 is 11.8 Å². The van der Waals surface area contributed by atoms with Gasteiger partial charge in [0.25, 0.3) is 0 Å². The van der Waals surface area contributed by atoms with E-state index in [1.165, 1.54) is 11.8 Å². The topological polar surface area (TPSA) is 55.1 Å². The van der Waals surface area contributed by atoms with Crippen molar-refractivity contribution >= 4 is 28.6 Å². The zero-order valence-corrected chi connectivity index (χ0v) is 19.1. The Balaban J connectivity index is 1.93. The van der Waals surface area contributed by atoms with Gasteiger partial charge in [0, 0.05) is 23.7 Å². The lowest BCUT2D eigenvalue weighted by molar-refractivity contribution is 0.102. The van der Waals surface area contributed by atoms with Crippen LogP contribution in [0.25, 0.3) is 11.0 Å². The van der Waals surface area contributed by atoms with Crippen LogP contribution in [-0.2, 0) is 17.9 Å². The number of fused-ring (bicyclic) bond motifs is 1. The molecular formula is C24H30N2O2S. The molecule has 0 amide bonds. The zero-order valence-electron chi connectivity index (χ0n) is 18.3. The lowest BCUT2D eigenvalue weighted by atomic mass is 9.78. The van der Waals surface area contributed by atoms with Gasteiger partial charge in [-0.15, -0.1) is 0 Å². The largest absolute Gasteiger partial charge is 0.507 e. The summed E-state index contributed by atoms with van der Waals surface area (Å²) in [6, 6.07) is 11.7. The van der Waals surface area contributed by atoms with Gasteiger partial charge in [-0.3, -0.25) is 4.79 Å². The average Bonchev–Trinajstić information content (AvgIpc) is 2.94. The van der Waals surface area contributed by atoms with Crippen LogP contribution < -0.4 is 0 Å². The van der Waals surface area contributed by atoms with Crippen molar-refractivity contribution in [2.45, 2.75) is 57.5 Å². The molecule has 5 heteroatoms. The van der Waals surface area contributed by atoms with E-state index in [2.05, 4.69) is 46.5 Å². The Morgan fingerprint density at radius 2 is 1.59 bits per heavy atom. The highest BCUT2D eigenvalue weighted by molar-refractivity contribution is 7.99. The fraction of sp³-hybridized carbons (Fsp3) is 0.417. The van der Waals surface area contributed by atoms with E-state index in [1.807, 2.05) is 48.0 Å². The molecule has 0 fully saturated rings. The summed E-state index contributed by atoms with van der Waals surface area (Å²) in [5, 5.41) is 11.7. The van der Waals surface area contributed by atoms with Crippen molar-refractivity contribution in [3.8, 4) is 5.75 Å². The molecule has 3 rings (SSSR count).